The summed E-state index contributed by atoms with van der Waals surface area (Å²) in [7, 11) is 1.49. The van der Waals surface area contributed by atoms with Crippen LogP contribution in [0.3, 0.4) is 0 Å². The quantitative estimate of drug-likeness (QED) is 0.736. The van der Waals surface area contributed by atoms with Gasteiger partial charge in [-0.1, -0.05) is 30.3 Å². The molecule has 0 aromatic heterocycles. The lowest BCUT2D eigenvalue weighted by molar-refractivity contribution is -0.133. The average molecular weight is 350 g/mol. The molecule has 1 heterocycles. The van der Waals surface area contributed by atoms with Gasteiger partial charge < -0.3 is 19.9 Å². The maximum Gasteiger partial charge on any atom is 0.416 e. The Morgan fingerprint density at radius 1 is 1.40 bits per heavy atom. The highest BCUT2D eigenvalue weighted by atomic mass is 16.6. The minimum Gasteiger partial charge on any atom is -0.465 e. The monoisotopic (exact) mass is 350 g/mol. The summed E-state index contributed by atoms with van der Waals surface area (Å²) < 4.78 is 10.0. The number of hydrogen-bond acceptors (Lipinski definition) is 5. The summed E-state index contributed by atoms with van der Waals surface area (Å²) in [6, 6.07) is 9.09. The number of carboxylic acid groups (broad SMARTS) is 1. The van der Waals surface area contributed by atoms with E-state index < -0.39 is 30.1 Å². The lowest BCUT2D eigenvalue weighted by Gasteiger charge is -2.24. The van der Waals surface area contributed by atoms with Crippen LogP contribution in [-0.2, 0) is 20.7 Å². The van der Waals surface area contributed by atoms with Crippen LogP contribution in [0.1, 0.15) is 12.0 Å². The zero-order chi connectivity index (χ0) is 18.2. The standard InChI is InChI=1S/C17H22N2O6/c1-24-8-7-13(10-18-16(21)22)15(20)19-14(11-25-17(19)23)9-12-5-3-2-4-6-12/h2-6,13-14,18H,7-11H2,1H3,(H,21,22)/t13?,14-/m0/s1. The first-order chi connectivity index (χ1) is 12.0. The second kappa shape index (κ2) is 9.03. The molecule has 2 N–H and O–H groups in total. The van der Waals surface area contributed by atoms with E-state index in [-0.39, 0.29) is 19.8 Å². The zero-order valence-electron chi connectivity index (χ0n) is 14.0. The van der Waals surface area contributed by atoms with Gasteiger partial charge >= 0.3 is 12.2 Å². The number of hydrogen-bond donors (Lipinski definition) is 2. The Balaban J connectivity index is 2.10. The fraction of sp³-hybridized carbons (Fsp3) is 0.471. The van der Waals surface area contributed by atoms with Crippen molar-refractivity contribution in [2.24, 2.45) is 5.92 Å². The molecule has 8 nitrogen and oxygen atoms in total. The van der Waals surface area contributed by atoms with E-state index in [0.29, 0.717) is 12.8 Å². The van der Waals surface area contributed by atoms with Crippen LogP contribution in [0, 0.1) is 5.92 Å². The molecule has 2 rings (SSSR count). The number of imide groups is 1. The number of methoxy groups -OCH3 is 1. The summed E-state index contributed by atoms with van der Waals surface area (Å²) in [6.07, 6.45) is -1.12. The van der Waals surface area contributed by atoms with Crippen LogP contribution in [0.2, 0.25) is 0 Å². The molecular weight excluding hydrogens is 328 g/mol. The van der Waals surface area contributed by atoms with Gasteiger partial charge in [0.25, 0.3) is 0 Å². The minimum absolute atomic E-state index is 0.0840. The van der Waals surface area contributed by atoms with Gasteiger partial charge in [0.15, 0.2) is 0 Å². The molecule has 25 heavy (non-hydrogen) atoms. The molecule has 1 saturated heterocycles. The zero-order valence-corrected chi connectivity index (χ0v) is 14.0. The predicted octanol–water partition coefficient (Wildman–Crippen LogP) is 1.50. The number of rotatable bonds is 8. The molecule has 0 bridgehead atoms. The van der Waals surface area contributed by atoms with Crippen molar-refractivity contribution in [3.8, 4) is 0 Å². The van der Waals surface area contributed by atoms with Crippen LogP contribution in [-0.4, -0.2) is 61.0 Å². The second-order valence-electron chi connectivity index (χ2n) is 5.79. The normalized spacial score (nSPS) is 17.9. The van der Waals surface area contributed by atoms with Crippen LogP contribution in [0.25, 0.3) is 0 Å². The molecule has 136 valence electrons. The van der Waals surface area contributed by atoms with Crippen LogP contribution < -0.4 is 5.32 Å². The summed E-state index contributed by atoms with van der Waals surface area (Å²) in [6.45, 7) is 0.326. The molecule has 8 heteroatoms. The van der Waals surface area contributed by atoms with Gasteiger partial charge in [0.2, 0.25) is 5.91 Å². The Kier molecular flexibility index (Phi) is 6.76. The van der Waals surface area contributed by atoms with Gasteiger partial charge in [-0.15, -0.1) is 0 Å². The summed E-state index contributed by atoms with van der Waals surface area (Å²) in [4.78, 5) is 36.7. The molecule has 3 amide bonds. The van der Waals surface area contributed by atoms with Crippen LogP contribution in [0.15, 0.2) is 30.3 Å². The van der Waals surface area contributed by atoms with Gasteiger partial charge in [0.1, 0.15) is 6.61 Å². The maximum atomic E-state index is 12.8. The smallest absolute Gasteiger partial charge is 0.416 e. The van der Waals surface area contributed by atoms with E-state index >= 15 is 0 Å². The highest BCUT2D eigenvalue weighted by Crippen LogP contribution is 2.21. The Hall–Kier alpha value is -2.61. The summed E-state index contributed by atoms with van der Waals surface area (Å²) in [5, 5.41) is 11.0. The SMILES string of the molecule is COCCC(CNC(=O)O)C(=O)N1C(=O)OC[C@@H]1Cc1ccccc1. The Morgan fingerprint density at radius 3 is 2.76 bits per heavy atom. The number of nitrogens with zero attached hydrogens (tertiary/aromatic N) is 1. The molecular formula is C17H22N2O6. The van der Waals surface area contributed by atoms with Gasteiger partial charge in [-0.3, -0.25) is 4.79 Å². The predicted molar refractivity (Wildman–Crippen MR) is 88.1 cm³/mol. The van der Waals surface area contributed by atoms with E-state index in [1.165, 1.54) is 7.11 Å². The number of cyclic esters (lactones) is 1. The van der Waals surface area contributed by atoms with Crippen molar-refractivity contribution in [1.29, 1.82) is 0 Å². The van der Waals surface area contributed by atoms with Crippen molar-refractivity contribution in [2.75, 3.05) is 26.9 Å². The fourth-order valence-electron chi connectivity index (χ4n) is 2.75. The van der Waals surface area contributed by atoms with Crippen LogP contribution in [0.5, 0.6) is 0 Å². The van der Waals surface area contributed by atoms with Crippen LogP contribution >= 0.6 is 0 Å². The molecule has 1 unspecified atom stereocenters. The summed E-state index contributed by atoms with van der Waals surface area (Å²) in [5.74, 6) is -1.14. The van der Waals surface area contributed by atoms with Crippen molar-refractivity contribution in [3.05, 3.63) is 35.9 Å². The molecule has 1 aromatic rings. The van der Waals surface area contributed by atoms with Gasteiger partial charge in [0.05, 0.1) is 12.0 Å². The number of carbonyl (C=O) groups excluding carboxylic acids is 2. The molecule has 1 fully saturated rings. The van der Waals surface area contributed by atoms with Crippen molar-refractivity contribution in [1.82, 2.24) is 10.2 Å². The number of amides is 3. The van der Waals surface area contributed by atoms with E-state index in [9.17, 15) is 14.4 Å². The topological polar surface area (TPSA) is 105 Å². The number of benzene rings is 1. The average Bonchev–Trinajstić information content (AvgIpc) is 2.95. The first-order valence-electron chi connectivity index (χ1n) is 8.02. The maximum absolute atomic E-state index is 12.8. The fourth-order valence-corrected chi connectivity index (χ4v) is 2.75. The molecule has 0 spiro atoms. The van der Waals surface area contributed by atoms with Crippen molar-refractivity contribution < 1.29 is 29.0 Å². The largest absolute Gasteiger partial charge is 0.465 e. The van der Waals surface area contributed by atoms with Crippen molar-refractivity contribution >= 4 is 18.1 Å². The van der Waals surface area contributed by atoms with E-state index in [0.717, 1.165) is 10.5 Å². The Morgan fingerprint density at radius 2 is 2.12 bits per heavy atom. The minimum atomic E-state index is -1.22. The third kappa shape index (κ3) is 5.18. The van der Waals surface area contributed by atoms with Crippen molar-refractivity contribution in [3.63, 3.8) is 0 Å². The molecule has 1 aliphatic heterocycles. The van der Waals surface area contributed by atoms with Gasteiger partial charge in [-0.2, -0.15) is 0 Å². The number of nitrogens with one attached hydrogen (secondary N) is 1. The second-order valence-corrected chi connectivity index (χ2v) is 5.79. The third-order valence-corrected chi connectivity index (χ3v) is 4.03. The highest BCUT2D eigenvalue weighted by Gasteiger charge is 2.40. The van der Waals surface area contributed by atoms with E-state index in [4.69, 9.17) is 14.6 Å². The lowest BCUT2D eigenvalue weighted by atomic mass is 10.0. The van der Waals surface area contributed by atoms with E-state index in [2.05, 4.69) is 5.32 Å². The summed E-state index contributed by atoms with van der Waals surface area (Å²) in [5.41, 5.74) is 0.987. The Bertz CT molecular complexity index is 606. The molecule has 1 aromatic carbocycles. The van der Waals surface area contributed by atoms with Crippen molar-refractivity contribution in [2.45, 2.75) is 18.9 Å². The van der Waals surface area contributed by atoms with Crippen LogP contribution in [0.4, 0.5) is 9.59 Å². The lowest BCUT2D eigenvalue weighted by Crippen LogP contribution is -2.46. The van der Waals surface area contributed by atoms with E-state index in [1.807, 2.05) is 30.3 Å². The van der Waals surface area contributed by atoms with Gasteiger partial charge in [-0.05, 0) is 18.4 Å². The molecule has 2 atom stereocenters. The van der Waals surface area contributed by atoms with Gasteiger partial charge in [0, 0.05) is 20.3 Å². The third-order valence-electron chi connectivity index (χ3n) is 4.03. The molecule has 0 aliphatic carbocycles. The number of carbonyl (C=O) groups is 3. The summed E-state index contributed by atoms with van der Waals surface area (Å²) >= 11 is 0. The first kappa shape index (κ1) is 18.7. The Labute approximate surface area is 145 Å². The first-order valence-corrected chi connectivity index (χ1v) is 8.02. The highest BCUT2D eigenvalue weighted by molar-refractivity contribution is 5.95. The number of ether oxygens (including phenoxy) is 2. The molecule has 0 radical (unpaired) electrons. The molecule has 1 aliphatic rings. The van der Waals surface area contributed by atoms with Gasteiger partial charge in [-0.25, -0.2) is 14.5 Å². The molecule has 0 saturated carbocycles. The van der Waals surface area contributed by atoms with E-state index in [1.54, 1.807) is 0 Å².